The molecule has 3 heteroatoms. The number of aliphatic hydroxyl groups is 1. The highest BCUT2D eigenvalue weighted by Gasteiger charge is 2.05. The van der Waals surface area contributed by atoms with Crippen molar-refractivity contribution in [2.24, 2.45) is 5.92 Å². The highest BCUT2D eigenvalue weighted by Crippen LogP contribution is 2.12. The van der Waals surface area contributed by atoms with E-state index >= 15 is 0 Å². The molecule has 0 bridgehead atoms. The molecule has 0 aliphatic rings. The maximum absolute atomic E-state index is 9.08. The first kappa shape index (κ1) is 13.7. The molecule has 1 N–H and O–H groups in total. The number of hydrogen-bond donors (Lipinski definition) is 1. The zero-order valence-corrected chi connectivity index (χ0v) is 10.3. The Kier molecular flexibility index (Phi) is 6.37. The highest BCUT2D eigenvalue weighted by atomic mass is 16.5. The van der Waals surface area contributed by atoms with Gasteiger partial charge in [-0.2, -0.15) is 0 Å². The first-order valence-electron chi connectivity index (χ1n) is 5.72. The molecule has 1 rings (SSSR count). The van der Waals surface area contributed by atoms with Gasteiger partial charge in [-0.1, -0.05) is 18.2 Å². The lowest BCUT2D eigenvalue weighted by molar-refractivity contribution is 0.0640. The molecule has 0 aliphatic heterocycles. The standard InChI is InChI=1S/C14H20O3/c1-3-4-13(9-15)11-17-10-12-5-7-14(16-2)8-6-12/h3,5-8,13,15H,1,4,9-11H2,2H3/t13-/m1/s1. The lowest BCUT2D eigenvalue weighted by Gasteiger charge is -2.12. The summed E-state index contributed by atoms with van der Waals surface area (Å²) >= 11 is 0. The van der Waals surface area contributed by atoms with Gasteiger partial charge in [0.15, 0.2) is 0 Å². The normalized spacial score (nSPS) is 12.1. The molecule has 0 saturated heterocycles. The van der Waals surface area contributed by atoms with E-state index in [-0.39, 0.29) is 12.5 Å². The monoisotopic (exact) mass is 236 g/mol. The number of aliphatic hydroxyl groups excluding tert-OH is 1. The van der Waals surface area contributed by atoms with Gasteiger partial charge in [0, 0.05) is 12.5 Å². The second-order valence-corrected chi connectivity index (χ2v) is 3.94. The van der Waals surface area contributed by atoms with Gasteiger partial charge >= 0.3 is 0 Å². The molecule has 0 amide bonds. The fourth-order valence-corrected chi connectivity index (χ4v) is 1.50. The van der Waals surface area contributed by atoms with Crippen molar-refractivity contribution < 1.29 is 14.6 Å². The van der Waals surface area contributed by atoms with Crippen LogP contribution in [0.4, 0.5) is 0 Å². The second-order valence-electron chi connectivity index (χ2n) is 3.94. The molecule has 0 heterocycles. The van der Waals surface area contributed by atoms with Crippen molar-refractivity contribution in [2.75, 3.05) is 20.3 Å². The Morgan fingerprint density at radius 3 is 2.59 bits per heavy atom. The quantitative estimate of drug-likeness (QED) is 0.704. The van der Waals surface area contributed by atoms with Crippen LogP contribution >= 0.6 is 0 Å². The van der Waals surface area contributed by atoms with Crippen molar-refractivity contribution in [3.05, 3.63) is 42.5 Å². The predicted molar refractivity (Wildman–Crippen MR) is 68.0 cm³/mol. The van der Waals surface area contributed by atoms with Crippen LogP contribution in [0.5, 0.6) is 5.75 Å². The van der Waals surface area contributed by atoms with Gasteiger partial charge < -0.3 is 14.6 Å². The fourth-order valence-electron chi connectivity index (χ4n) is 1.50. The van der Waals surface area contributed by atoms with Crippen molar-refractivity contribution >= 4 is 0 Å². The van der Waals surface area contributed by atoms with Crippen LogP contribution in [0, 0.1) is 5.92 Å². The van der Waals surface area contributed by atoms with E-state index in [4.69, 9.17) is 14.6 Å². The SMILES string of the molecule is C=CC[C@H](CO)COCc1ccc(OC)cc1. The van der Waals surface area contributed by atoms with Crippen molar-refractivity contribution in [3.63, 3.8) is 0 Å². The van der Waals surface area contributed by atoms with Gasteiger partial charge in [0.1, 0.15) is 5.75 Å². The first-order chi connectivity index (χ1) is 8.30. The summed E-state index contributed by atoms with van der Waals surface area (Å²) in [6.45, 7) is 4.89. The highest BCUT2D eigenvalue weighted by molar-refractivity contribution is 5.26. The van der Waals surface area contributed by atoms with Gasteiger partial charge in [0.2, 0.25) is 0 Å². The van der Waals surface area contributed by atoms with Crippen LogP contribution in [0.25, 0.3) is 0 Å². The maximum Gasteiger partial charge on any atom is 0.118 e. The van der Waals surface area contributed by atoms with Crippen LogP contribution in [0.15, 0.2) is 36.9 Å². The zero-order valence-electron chi connectivity index (χ0n) is 10.3. The lowest BCUT2D eigenvalue weighted by Crippen LogP contribution is -2.13. The van der Waals surface area contributed by atoms with Crippen LogP contribution in [0.2, 0.25) is 0 Å². The number of benzene rings is 1. The summed E-state index contributed by atoms with van der Waals surface area (Å²) in [6.07, 6.45) is 2.58. The number of hydrogen-bond acceptors (Lipinski definition) is 3. The molecule has 0 unspecified atom stereocenters. The summed E-state index contributed by atoms with van der Waals surface area (Å²) in [7, 11) is 1.65. The minimum absolute atomic E-state index is 0.134. The zero-order chi connectivity index (χ0) is 12.5. The number of allylic oxidation sites excluding steroid dienone is 1. The Morgan fingerprint density at radius 1 is 1.35 bits per heavy atom. The number of ether oxygens (including phenoxy) is 2. The van der Waals surface area contributed by atoms with E-state index in [2.05, 4.69) is 6.58 Å². The molecule has 1 aromatic carbocycles. The Labute approximate surface area is 103 Å². The van der Waals surface area contributed by atoms with Gasteiger partial charge in [-0.3, -0.25) is 0 Å². The second kappa shape index (κ2) is 7.87. The Bertz CT molecular complexity index is 319. The van der Waals surface area contributed by atoms with E-state index < -0.39 is 0 Å². The largest absolute Gasteiger partial charge is 0.497 e. The predicted octanol–water partition coefficient (Wildman–Crippen LogP) is 2.40. The summed E-state index contributed by atoms with van der Waals surface area (Å²) in [5.74, 6) is 0.986. The molecule has 1 atom stereocenters. The molecule has 0 saturated carbocycles. The van der Waals surface area contributed by atoms with Crippen LogP contribution in [-0.4, -0.2) is 25.4 Å². The Hall–Kier alpha value is -1.32. The summed E-state index contributed by atoms with van der Waals surface area (Å²) in [4.78, 5) is 0. The molecule has 0 radical (unpaired) electrons. The lowest BCUT2D eigenvalue weighted by atomic mass is 10.1. The van der Waals surface area contributed by atoms with Gasteiger partial charge in [-0.05, 0) is 24.1 Å². The number of methoxy groups -OCH3 is 1. The van der Waals surface area contributed by atoms with Gasteiger partial charge in [0.25, 0.3) is 0 Å². The minimum Gasteiger partial charge on any atom is -0.497 e. The van der Waals surface area contributed by atoms with Gasteiger partial charge in [0.05, 0.1) is 20.3 Å². The average molecular weight is 236 g/mol. The summed E-state index contributed by atoms with van der Waals surface area (Å²) in [5.41, 5.74) is 1.10. The molecule has 3 nitrogen and oxygen atoms in total. The summed E-state index contributed by atoms with van der Waals surface area (Å²) < 4.78 is 10.6. The van der Waals surface area contributed by atoms with Crippen LogP contribution in [0.1, 0.15) is 12.0 Å². The number of rotatable bonds is 8. The molecule has 0 spiro atoms. The average Bonchev–Trinajstić information content (AvgIpc) is 2.38. The molecule has 94 valence electrons. The third-order valence-corrected chi connectivity index (χ3v) is 2.54. The Balaban J connectivity index is 2.31. The van der Waals surface area contributed by atoms with Crippen LogP contribution in [0.3, 0.4) is 0 Å². The molecule has 0 fully saturated rings. The van der Waals surface area contributed by atoms with Gasteiger partial charge in [-0.25, -0.2) is 0 Å². The van der Waals surface area contributed by atoms with E-state index in [1.807, 2.05) is 24.3 Å². The Morgan fingerprint density at radius 2 is 2.06 bits per heavy atom. The van der Waals surface area contributed by atoms with E-state index in [9.17, 15) is 0 Å². The molecular weight excluding hydrogens is 216 g/mol. The van der Waals surface area contributed by atoms with Crippen LogP contribution in [-0.2, 0) is 11.3 Å². The molecule has 17 heavy (non-hydrogen) atoms. The molecular formula is C14H20O3. The van der Waals surface area contributed by atoms with E-state index in [0.717, 1.165) is 17.7 Å². The van der Waals surface area contributed by atoms with E-state index in [1.54, 1.807) is 13.2 Å². The van der Waals surface area contributed by atoms with E-state index in [1.165, 1.54) is 0 Å². The summed E-state index contributed by atoms with van der Waals surface area (Å²) in [6, 6.07) is 7.76. The minimum atomic E-state index is 0.134. The van der Waals surface area contributed by atoms with Crippen molar-refractivity contribution in [1.29, 1.82) is 0 Å². The maximum atomic E-state index is 9.08. The third kappa shape index (κ3) is 5.02. The topological polar surface area (TPSA) is 38.7 Å². The van der Waals surface area contributed by atoms with Crippen molar-refractivity contribution in [1.82, 2.24) is 0 Å². The van der Waals surface area contributed by atoms with E-state index in [0.29, 0.717) is 13.2 Å². The molecule has 0 aliphatic carbocycles. The smallest absolute Gasteiger partial charge is 0.118 e. The first-order valence-corrected chi connectivity index (χ1v) is 5.72. The fraction of sp³-hybridized carbons (Fsp3) is 0.429. The summed E-state index contributed by atoms with van der Waals surface area (Å²) in [5, 5.41) is 9.08. The van der Waals surface area contributed by atoms with Crippen molar-refractivity contribution in [2.45, 2.75) is 13.0 Å². The molecule has 0 aromatic heterocycles. The van der Waals surface area contributed by atoms with Crippen molar-refractivity contribution in [3.8, 4) is 5.75 Å². The molecule has 1 aromatic rings. The van der Waals surface area contributed by atoms with Gasteiger partial charge in [-0.15, -0.1) is 6.58 Å². The van der Waals surface area contributed by atoms with Crippen LogP contribution < -0.4 is 4.74 Å². The third-order valence-electron chi connectivity index (χ3n) is 2.54.